The molecule has 1 amide bonds. The van der Waals surface area contributed by atoms with E-state index in [1.807, 2.05) is 0 Å². The van der Waals surface area contributed by atoms with Crippen molar-refractivity contribution in [3.05, 3.63) is 57.0 Å². The molecular formula is C13H10N2O5S. The van der Waals surface area contributed by atoms with E-state index in [4.69, 9.17) is 5.11 Å². The number of anilines is 1. The van der Waals surface area contributed by atoms with Crippen LogP contribution in [-0.4, -0.2) is 29.0 Å². The number of carboxylic acids is 1. The Bertz CT molecular complexity index is 725. The summed E-state index contributed by atoms with van der Waals surface area (Å²) in [6, 6.07) is 7.23. The van der Waals surface area contributed by atoms with E-state index in [1.165, 1.54) is 30.6 Å². The van der Waals surface area contributed by atoms with Gasteiger partial charge in [-0.1, -0.05) is 23.5 Å². The third-order valence-electron chi connectivity index (χ3n) is 2.81. The van der Waals surface area contributed by atoms with Crippen LogP contribution in [0.2, 0.25) is 0 Å². The Morgan fingerprint density at radius 2 is 2.00 bits per heavy atom. The van der Waals surface area contributed by atoms with Crippen LogP contribution in [0.3, 0.4) is 0 Å². The number of amides is 1. The Kier molecular flexibility index (Phi) is 3.99. The molecule has 0 spiro atoms. The molecule has 0 saturated carbocycles. The van der Waals surface area contributed by atoms with E-state index in [-0.39, 0.29) is 21.8 Å². The standard InChI is InChI=1S/C13H10N2O5S/c1-14(10-5-3-2-4-9(10)13(17)18)12(16)8-6-11(15(19)20)21-7-8/h2-7H,1H3,(H,17,18). The topological polar surface area (TPSA) is 101 Å². The molecule has 0 aliphatic rings. The van der Waals surface area contributed by atoms with Crippen LogP contribution in [0.15, 0.2) is 35.7 Å². The number of carbonyl (C=O) groups excluding carboxylic acids is 1. The number of nitrogens with zero attached hydrogens (tertiary/aromatic N) is 2. The highest BCUT2D eigenvalue weighted by Gasteiger charge is 2.22. The lowest BCUT2D eigenvalue weighted by Crippen LogP contribution is -2.27. The van der Waals surface area contributed by atoms with Crippen molar-refractivity contribution in [1.82, 2.24) is 0 Å². The summed E-state index contributed by atoms with van der Waals surface area (Å²) in [6.45, 7) is 0. The minimum absolute atomic E-state index is 0.0157. The Balaban J connectivity index is 2.35. The van der Waals surface area contributed by atoms with E-state index in [0.717, 1.165) is 16.2 Å². The maximum atomic E-state index is 12.3. The van der Waals surface area contributed by atoms with Gasteiger partial charge in [-0.15, -0.1) is 0 Å². The molecule has 0 fully saturated rings. The monoisotopic (exact) mass is 306 g/mol. The van der Waals surface area contributed by atoms with Gasteiger partial charge < -0.3 is 10.0 Å². The number of hydrogen-bond donors (Lipinski definition) is 1. The first-order valence-corrected chi connectivity index (χ1v) is 6.63. The molecule has 8 heteroatoms. The van der Waals surface area contributed by atoms with Crippen LogP contribution in [0.5, 0.6) is 0 Å². The molecule has 1 heterocycles. The van der Waals surface area contributed by atoms with Gasteiger partial charge in [-0.2, -0.15) is 0 Å². The van der Waals surface area contributed by atoms with Crippen LogP contribution in [0.4, 0.5) is 10.7 Å². The minimum Gasteiger partial charge on any atom is -0.478 e. The maximum Gasteiger partial charge on any atom is 0.337 e. The number of thiophene rings is 1. The van der Waals surface area contributed by atoms with Gasteiger partial charge in [-0.05, 0) is 12.1 Å². The summed E-state index contributed by atoms with van der Waals surface area (Å²) < 4.78 is 0. The van der Waals surface area contributed by atoms with Crippen molar-refractivity contribution in [2.24, 2.45) is 0 Å². The molecule has 0 atom stereocenters. The van der Waals surface area contributed by atoms with Gasteiger partial charge in [0, 0.05) is 18.5 Å². The number of aromatic carboxylic acids is 1. The fourth-order valence-electron chi connectivity index (χ4n) is 1.78. The number of carboxylic acid groups (broad SMARTS) is 1. The fourth-order valence-corrected chi connectivity index (χ4v) is 2.48. The van der Waals surface area contributed by atoms with Crippen molar-refractivity contribution in [2.45, 2.75) is 0 Å². The zero-order chi connectivity index (χ0) is 15.6. The lowest BCUT2D eigenvalue weighted by molar-refractivity contribution is -0.380. The molecule has 0 aliphatic carbocycles. The van der Waals surface area contributed by atoms with Gasteiger partial charge in [0.05, 0.1) is 21.7 Å². The van der Waals surface area contributed by atoms with Crippen LogP contribution in [0.25, 0.3) is 0 Å². The first kappa shape index (κ1) is 14.7. The van der Waals surface area contributed by atoms with Gasteiger partial charge in [0.15, 0.2) is 0 Å². The molecule has 0 unspecified atom stereocenters. The Morgan fingerprint density at radius 1 is 1.33 bits per heavy atom. The number of nitro groups is 1. The molecule has 1 N–H and O–H groups in total. The van der Waals surface area contributed by atoms with Gasteiger partial charge in [0.2, 0.25) is 0 Å². The fraction of sp³-hybridized carbons (Fsp3) is 0.0769. The summed E-state index contributed by atoms with van der Waals surface area (Å²) >= 11 is 0.846. The Morgan fingerprint density at radius 3 is 2.57 bits per heavy atom. The second kappa shape index (κ2) is 5.71. The van der Waals surface area contributed by atoms with E-state index in [0.29, 0.717) is 0 Å². The summed E-state index contributed by atoms with van der Waals surface area (Å²) in [7, 11) is 1.42. The zero-order valence-electron chi connectivity index (χ0n) is 10.8. The molecule has 21 heavy (non-hydrogen) atoms. The molecule has 1 aromatic carbocycles. The lowest BCUT2D eigenvalue weighted by Gasteiger charge is -2.18. The number of rotatable bonds is 4. The quantitative estimate of drug-likeness (QED) is 0.691. The van der Waals surface area contributed by atoms with E-state index < -0.39 is 16.8 Å². The van der Waals surface area contributed by atoms with Gasteiger partial charge in [-0.3, -0.25) is 14.9 Å². The number of hydrogen-bond acceptors (Lipinski definition) is 5. The SMILES string of the molecule is CN(C(=O)c1csc([N+](=O)[O-])c1)c1ccccc1C(=O)O. The lowest BCUT2D eigenvalue weighted by atomic mass is 10.1. The van der Waals surface area contributed by atoms with Crippen molar-refractivity contribution >= 4 is 33.9 Å². The molecule has 1 aromatic heterocycles. The predicted molar refractivity (Wildman–Crippen MR) is 77.1 cm³/mol. The highest BCUT2D eigenvalue weighted by molar-refractivity contribution is 7.13. The first-order valence-electron chi connectivity index (χ1n) is 5.75. The highest BCUT2D eigenvalue weighted by atomic mass is 32.1. The van der Waals surface area contributed by atoms with Crippen molar-refractivity contribution < 1.29 is 19.6 Å². The third kappa shape index (κ3) is 2.90. The number of benzene rings is 1. The second-order valence-corrected chi connectivity index (χ2v) is 5.01. The van der Waals surface area contributed by atoms with E-state index in [1.54, 1.807) is 12.1 Å². The largest absolute Gasteiger partial charge is 0.478 e. The van der Waals surface area contributed by atoms with Crippen LogP contribution >= 0.6 is 11.3 Å². The molecule has 2 rings (SSSR count). The van der Waals surface area contributed by atoms with Crippen LogP contribution in [0, 0.1) is 10.1 Å². The van der Waals surface area contributed by atoms with Crippen LogP contribution in [-0.2, 0) is 0 Å². The Hall–Kier alpha value is -2.74. The van der Waals surface area contributed by atoms with Crippen molar-refractivity contribution in [3.8, 4) is 0 Å². The summed E-state index contributed by atoms with van der Waals surface area (Å²) in [6.07, 6.45) is 0. The molecule has 0 aliphatic heterocycles. The smallest absolute Gasteiger partial charge is 0.337 e. The van der Waals surface area contributed by atoms with Gasteiger partial charge >= 0.3 is 11.0 Å². The first-order chi connectivity index (χ1) is 9.91. The van der Waals surface area contributed by atoms with Crippen LogP contribution in [0.1, 0.15) is 20.7 Å². The van der Waals surface area contributed by atoms with Gasteiger partial charge in [0.1, 0.15) is 0 Å². The number of para-hydroxylation sites is 1. The summed E-state index contributed by atoms with van der Waals surface area (Å²) in [5, 5.41) is 21.0. The van der Waals surface area contributed by atoms with Crippen molar-refractivity contribution in [2.75, 3.05) is 11.9 Å². The Labute approximate surface area is 123 Å². The van der Waals surface area contributed by atoms with E-state index in [2.05, 4.69) is 0 Å². The van der Waals surface area contributed by atoms with Crippen molar-refractivity contribution in [3.63, 3.8) is 0 Å². The average Bonchev–Trinajstić information content (AvgIpc) is 2.95. The average molecular weight is 306 g/mol. The summed E-state index contributed by atoms with van der Waals surface area (Å²) in [5.74, 6) is -1.66. The van der Waals surface area contributed by atoms with Gasteiger partial charge in [-0.25, -0.2) is 4.79 Å². The van der Waals surface area contributed by atoms with Crippen LogP contribution < -0.4 is 4.90 Å². The molecule has 7 nitrogen and oxygen atoms in total. The minimum atomic E-state index is -1.15. The zero-order valence-corrected chi connectivity index (χ0v) is 11.7. The molecule has 0 radical (unpaired) electrons. The molecule has 0 saturated heterocycles. The van der Waals surface area contributed by atoms with E-state index >= 15 is 0 Å². The normalized spacial score (nSPS) is 10.1. The molecule has 0 bridgehead atoms. The summed E-state index contributed by atoms with van der Waals surface area (Å²) in [5.41, 5.74) is 0.358. The molecular weight excluding hydrogens is 296 g/mol. The molecule has 2 aromatic rings. The van der Waals surface area contributed by atoms with Crippen molar-refractivity contribution in [1.29, 1.82) is 0 Å². The number of carbonyl (C=O) groups is 2. The van der Waals surface area contributed by atoms with E-state index in [9.17, 15) is 19.7 Å². The highest BCUT2D eigenvalue weighted by Crippen LogP contribution is 2.26. The predicted octanol–water partition coefficient (Wildman–Crippen LogP) is 2.63. The summed E-state index contributed by atoms with van der Waals surface area (Å²) in [4.78, 5) is 34.6. The third-order valence-corrected chi connectivity index (χ3v) is 3.69. The molecule has 108 valence electrons. The van der Waals surface area contributed by atoms with Gasteiger partial charge in [0.25, 0.3) is 5.91 Å². The maximum absolute atomic E-state index is 12.3. The second-order valence-electron chi connectivity index (χ2n) is 4.12.